The van der Waals surface area contributed by atoms with Crippen molar-refractivity contribution in [2.75, 3.05) is 0 Å². The number of fused-ring (bicyclic) bond motifs is 1. The van der Waals surface area contributed by atoms with E-state index in [1.54, 1.807) is 0 Å². The maximum absolute atomic E-state index is 14.3. The first-order valence-electron chi connectivity index (χ1n) is 10.2. The van der Waals surface area contributed by atoms with Gasteiger partial charge in [-0.2, -0.15) is 0 Å². The number of hydrogen-bond donors (Lipinski definition) is 0. The minimum atomic E-state index is -2.16. The largest absolute Gasteiger partial charge is 0.459 e. The van der Waals surface area contributed by atoms with Gasteiger partial charge in [-0.1, -0.05) is 13.8 Å². The van der Waals surface area contributed by atoms with Gasteiger partial charge in [-0.25, -0.2) is 9.18 Å². The highest BCUT2D eigenvalue weighted by molar-refractivity contribution is 5.87. The monoisotopic (exact) mass is 398 g/mol. The van der Waals surface area contributed by atoms with Crippen LogP contribution in [0.5, 0.6) is 0 Å². The minimum Gasteiger partial charge on any atom is -0.459 e. The second-order valence-electron chi connectivity index (χ2n) is 8.60. The molecule has 3 aliphatic heterocycles. The van der Waals surface area contributed by atoms with Crippen LogP contribution in [0.3, 0.4) is 0 Å². The number of carbonyl (C=O) groups is 3. The highest BCUT2D eigenvalue weighted by atomic mass is 19.1. The fraction of sp³-hybridized carbons (Fsp3) is 0.850. The molecular weight excluding hydrogens is 371 g/mol. The Morgan fingerprint density at radius 2 is 1.89 bits per heavy atom. The molecule has 4 aliphatic rings. The Bertz CT molecular complexity index is 684. The summed E-state index contributed by atoms with van der Waals surface area (Å²) >= 11 is 0. The zero-order valence-electron chi connectivity index (χ0n) is 16.4. The van der Waals surface area contributed by atoms with Gasteiger partial charge in [0.05, 0.1) is 0 Å². The summed E-state index contributed by atoms with van der Waals surface area (Å²) in [5.41, 5.74) is -2.66. The van der Waals surface area contributed by atoms with Gasteiger partial charge in [-0.3, -0.25) is 9.59 Å². The van der Waals surface area contributed by atoms with Crippen molar-refractivity contribution in [3.05, 3.63) is 0 Å². The van der Waals surface area contributed by atoms with Crippen LogP contribution < -0.4 is 0 Å². The van der Waals surface area contributed by atoms with Gasteiger partial charge in [-0.15, -0.1) is 0 Å². The van der Waals surface area contributed by atoms with Crippen LogP contribution in [0, 0.1) is 11.8 Å². The maximum Gasteiger partial charge on any atom is 0.344 e. The molecule has 0 spiro atoms. The van der Waals surface area contributed by atoms with E-state index in [-0.39, 0.29) is 6.42 Å². The Morgan fingerprint density at radius 1 is 1.21 bits per heavy atom. The Hall–Kier alpha value is -1.70. The third kappa shape index (κ3) is 2.83. The normalized spacial score (nSPS) is 39.5. The average Bonchev–Trinajstić information content (AvgIpc) is 3.39. The van der Waals surface area contributed by atoms with Crippen LogP contribution in [0.4, 0.5) is 4.39 Å². The van der Waals surface area contributed by atoms with Gasteiger partial charge in [0, 0.05) is 0 Å². The molecular formula is C20H27FO7. The Morgan fingerprint density at radius 3 is 2.50 bits per heavy atom. The van der Waals surface area contributed by atoms with E-state index < -0.39 is 65.4 Å². The van der Waals surface area contributed by atoms with Crippen molar-refractivity contribution in [1.29, 1.82) is 0 Å². The molecule has 7 unspecified atom stereocenters. The highest BCUT2D eigenvalue weighted by Crippen LogP contribution is 2.52. The van der Waals surface area contributed by atoms with Crippen LogP contribution in [0.1, 0.15) is 59.3 Å². The third-order valence-electron chi connectivity index (χ3n) is 6.99. The molecule has 28 heavy (non-hydrogen) atoms. The number of halogens is 1. The van der Waals surface area contributed by atoms with Crippen LogP contribution >= 0.6 is 0 Å². The lowest BCUT2D eigenvalue weighted by molar-refractivity contribution is -0.178. The van der Waals surface area contributed by atoms with E-state index in [4.69, 9.17) is 18.9 Å². The van der Waals surface area contributed by atoms with Gasteiger partial charge < -0.3 is 18.9 Å². The summed E-state index contributed by atoms with van der Waals surface area (Å²) in [6.45, 7) is 4.66. The summed E-state index contributed by atoms with van der Waals surface area (Å²) in [7, 11) is 0. The van der Waals surface area contributed by atoms with E-state index in [2.05, 4.69) is 0 Å². The smallest absolute Gasteiger partial charge is 0.344 e. The fourth-order valence-electron chi connectivity index (χ4n) is 4.96. The van der Waals surface area contributed by atoms with Crippen molar-refractivity contribution >= 4 is 17.9 Å². The zero-order chi connectivity index (χ0) is 20.3. The number of carbonyl (C=O) groups excluding carboxylic acids is 3. The molecule has 7 atom stereocenters. The second-order valence-corrected chi connectivity index (χ2v) is 8.60. The van der Waals surface area contributed by atoms with E-state index in [1.807, 2.05) is 6.92 Å². The Labute approximate surface area is 163 Å². The zero-order valence-corrected chi connectivity index (χ0v) is 16.4. The van der Waals surface area contributed by atoms with E-state index in [1.165, 1.54) is 6.92 Å². The van der Waals surface area contributed by atoms with Crippen LogP contribution in [0.25, 0.3) is 0 Å². The quantitative estimate of drug-likeness (QED) is 0.501. The number of ether oxygens (including phenoxy) is 4. The molecule has 0 aromatic carbocycles. The second kappa shape index (κ2) is 6.68. The summed E-state index contributed by atoms with van der Waals surface area (Å²) in [6.07, 6.45) is 0.914. The molecule has 3 saturated heterocycles. The Balaban J connectivity index is 1.55. The first kappa shape index (κ1) is 19.6. The standard InChI is InChI=1S/C20H27FO7/c1-4-19(3,21)18(24)27-15-13-11(10-12(25-13)14(15)26-16(10)22)17(23)28-20(5-2)8-6-7-9-20/h10-15H,4-9H2,1-3H3. The first-order chi connectivity index (χ1) is 13.2. The number of hydrogen-bond acceptors (Lipinski definition) is 7. The van der Waals surface area contributed by atoms with Crippen molar-refractivity contribution in [3.8, 4) is 0 Å². The predicted octanol–water partition coefficient (Wildman–Crippen LogP) is 2.24. The molecule has 4 rings (SSSR count). The van der Waals surface area contributed by atoms with Gasteiger partial charge in [0.15, 0.2) is 12.2 Å². The van der Waals surface area contributed by atoms with Crippen molar-refractivity contribution < 1.29 is 37.7 Å². The lowest BCUT2D eigenvalue weighted by atomic mass is 9.78. The van der Waals surface area contributed by atoms with Crippen LogP contribution in [-0.2, 0) is 33.3 Å². The molecule has 3 heterocycles. The molecule has 156 valence electrons. The molecule has 1 aliphatic carbocycles. The van der Waals surface area contributed by atoms with Gasteiger partial charge in [0.1, 0.15) is 29.6 Å². The molecule has 1 saturated carbocycles. The van der Waals surface area contributed by atoms with Gasteiger partial charge >= 0.3 is 17.9 Å². The summed E-state index contributed by atoms with van der Waals surface area (Å²) in [5, 5.41) is 0. The summed E-state index contributed by atoms with van der Waals surface area (Å²) < 4.78 is 36.7. The maximum atomic E-state index is 14.3. The van der Waals surface area contributed by atoms with Crippen LogP contribution in [-0.4, -0.2) is 53.6 Å². The van der Waals surface area contributed by atoms with Crippen molar-refractivity contribution in [2.45, 2.75) is 95.0 Å². The van der Waals surface area contributed by atoms with E-state index in [9.17, 15) is 18.8 Å². The van der Waals surface area contributed by atoms with E-state index in [0.29, 0.717) is 6.42 Å². The van der Waals surface area contributed by atoms with Crippen molar-refractivity contribution in [2.24, 2.45) is 11.8 Å². The molecule has 7 nitrogen and oxygen atoms in total. The lowest BCUT2D eigenvalue weighted by Gasteiger charge is -2.33. The molecule has 0 aromatic rings. The number of rotatable bonds is 6. The Kier molecular flexibility index (Phi) is 4.68. The topological polar surface area (TPSA) is 88.1 Å². The van der Waals surface area contributed by atoms with Crippen LogP contribution in [0.15, 0.2) is 0 Å². The molecule has 8 heteroatoms. The van der Waals surface area contributed by atoms with Gasteiger partial charge in [0.2, 0.25) is 5.67 Å². The molecule has 2 bridgehead atoms. The fourth-order valence-corrected chi connectivity index (χ4v) is 4.96. The third-order valence-corrected chi connectivity index (χ3v) is 6.99. The van der Waals surface area contributed by atoms with Crippen molar-refractivity contribution in [3.63, 3.8) is 0 Å². The van der Waals surface area contributed by atoms with Gasteiger partial charge in [0.25, 0.3) is 0 Å². The summed E-state index contributed by atoms with van der Waals surface area (Å²) in [4.78, 5) is 37.6. The van der Waals surface area contributed by atoms with Gasteiger partial charge in [-0.05, 0) is 45.4 Å². The molecule has 0 N–H and O–H groups in total. The van der Waals surface area contributed by atoms with Crippen LogP contribution in [0.2, 0.25) is 0 Å². The van der Waals surface area contributed by atoms with E-state index in [0.717, 1.165) is 32.6 Å². The molecule has 0 amide bonds. The first-order valence-corrected chi connectivity index (χ1v) is 10.2. The molecule has 4 fully saturated rings. The van der Waals surface area contributed by atoms with Crippen molar-refractivity contribution in [1.82, 2.24) is 0 Å². The summed E-state index contributed by atoms with van der Waals surface area (Å²) in [5.74, 6) is -3.75. The SMILES string of the molecule is CCC1(OC(=O)C2C3OC4C(OC(=O)C42)C3OC(=O)C(C)(F)CC)CCCC1. The number of alkyl halides is 1. The number of esters is 3. The minimum absolute atomic E-state index is 0.0505. The predicted molar refractivity (Wildman–Crippen MR) is 92.8 cm³/mol. The summed E-state index contributed by atoms with van der Waals surface area (Å²) in [6, 6.07) is 0. The lowest BCUT2D eigenvalue weighted by Crippen LogP contribution is -2.50. The molecule has 0 aromatic heterocycles. The highest BCUT2D eigenvalue weighted by Gasteiger charge is 2.72. The molecule has 0 radical (unpaired) electrons. The van der Waals surface area contributed by atoms with E-state index >= 15 is 0 Å². The average molecular weight is 398 g/mol.